The van der Waals surface area contributed by atoms with Crippen molar-refractivity contribution in [2.75, 3.05) is 0 Å². The second-order valence-corrected chi connectivity index (χ2v) is 15.0. The Morgan fingerprint density at radius 3 is 1.70 bits per heavy atom. The van der Waals surface area contributed by atoms with E-state index in [1.54, 1.807) is 0 Å². The summed E-state index contributed by atoms with van der Waals surface area (Å²) in [5.41, 5.74) is 2.86. The first kappa shape index (κ1) is 17.5. The first-order chi connectivity index (χ1) is 10.7. The fourth-order valence-electron chi connectivity index (χ4n) is 2.49. The lowest BCUT2D eigenvalue weighted by Crippen LogP contribution is -2.47. The number of nitrogens with zero attached hydrogens (tertiary/aromatic N) is 1. The predicted octanol–water partition coefficient (Wildman–Crippen LogP) is 5.16. The zero-order valence-corrected chi connectivity index (χ0v) is 16.4. The van der Waals surface area contributed by atoms with Gasteiger partial charge in [0.2, 0.25) is 0 Å². The zero-order chi connectivity index (χ0) is 17.1. The molecular weight excluding hydrogens is 318 g/mol. The molecule has 23 heavy (non-hydrogen) atoms. The van der Waals surface area contributed by atoms with Crippen LogP contribution in [0.15, 0.2) is 48.5 Å². The molecule has 0 radical (unpaired) electrons. The molecule has 2 aromatic carbocycles. The largest absolute Gasteiger partial charge is 0.521 e. The molecule has 0 fully saturated rings. The summed E-state index contributed by atoms with van der Waals surface area (Å²) in [7, 11) is -3.77. The summed E-state index contributed by atoms with van der Waals surface area (Å²) in [6.45, 7) is 10.7. The molecule has 0 aliphatic heterocycles. The molecule has 0 amide bonds. The lowest BCUT2D eigenvalue weighted by Gasteiger charge is -2.31. The summed E-state index contributed by atoms with van der Waals surface area (Å²) in [6.07, 6.45) is 0. The van der Waals surface area contributed by atoms with Crippen LogP contribution in [0.2, 0.25) is 32.7 Å². The Morgan fingerprint density at radius 2 is 1.26 bits per heavy atom. The molecule has 0 saturated heterocycles. The maximum Gasteiger partial charge on any atom is 0.382 e. The monoisotopic (exact) mass is 341 g/mol. The molecule has 0 N–H and O–H groups in total. The molecule has 2 rings (SSSR count). The summed E-state index contributed by atoms with van der Waals surface area (Å²) in [5, 5.41) is 8.85. The molecule has 0 atom stereocenters. The average molecular weight is 342 g/mol. The topological polar surface area (TPSA) is 42.2 Å². The maximum absolute atomic E-state index is 8.85. The predicted molar refractivity (Wildman–Crippen MR) is 99.1 cm³/mol. The second-order valence-electron chi connectivity index (χ2n) is 6.93. The Labute approximate surface area is 140 Å². The first-order valence-corrected chi connectivity index (χ1v) is 13.9. The van der Waals surface area contributed by atoms with Crippen molar-refractivity contribution in [3.8, 4) is 22.9 Å². The lowest BCUT2D eigenvalue weighted by atomic mass is 10.0. The summed E-state index contributed by atoms with van der Waals surface area (Å²) in [4.78, 5) is 0. The van der Waals surface area contributed by atoms with Crippen LogP contribution in [-0.2, 0) is 4.12 Å². The molecule has 120 valence electrons. The van der Waals surface area contributed by atoms with E-state index in [9.17, 15) is 0 Å². The number of nitriles is 1. The Hall–Kier alpha value is -1.88. The van der Waals surface area contributed by atoms with Crippen molar-refractivity contribution in [2.45, 2.75) is 32.7 Å². The van der Waals surface area contributed by atoms with Crippen molar-refractivity contribution in [3.63, 3.8) is 0 Å². The number of hydrogen-bond donors (Lipinski definition) is 0. The summed E-state index contributed by atoms with van der Waals surface area (Å²) < 4.78 is 12.3. The molecule has 0 spiro atoms. The minimum Gasteiger partial charge on any atom is -0.521 e. The van der Waals surface area contributed by atoms with Crippen LogP contribution < -0.4 is 4.43 Å². The minimum absolute atomic E-state index is 0.671. The first-order valence-electron chi connectivity index (χ1n) is 7.68. The summed E-state index contributed by atoms with van der Waals surface area (Å²) in [6, 6.07) is 17.8. The normalized spacial score (nSPS) is 11.8. The molecule has 3 nitrogen and oxygen atoms in total. The Morgan fingerprint density at radius 1 is 0.783 bits per heavy atom. The highest BCUT2D eigenvalue weighted by Crippen LogP contribution is 2.25. The van der Waals surface area contributed by atoms with Crippen molar-refractivity contribution in [1.82, 2.24) is 0 Å². The van der Waals surface area contributed by atoms with Gasteiger partial charge in [0.25, 0.3) is 0 Å². The quantitative estimate of drug-likeness (QED) is 0.706. The molecular formula is C18H23NO2Si2. The van der Waals surface area contributed by atoms with Crippen LogP contribution in [0.3, 0.4) is 0 Å². The third kappa shape index (κ3) is 5.36. The number of hydrogen-bond acceptors (Lipinski definition) is 3. The van der Waals surface area contributed by atoms with Gasteiger partial charge in [0.1, 0.15) is 5.75 Å². The highest BCUT2D eigenvalue weighted by Gasteiger charge is 2.33. The van der Waals surface area contributed by atoms with E-state index in [0.29, 0.717) is 5.56 Å². The lowest BCUT2D eigenvalue weighted by molar-refractivity contribution is 0.397. The van der Waals surface area contributed by atoms with E-state index >= 15 is 0 Å². The number of benzene rings is 2. The van der Waals surface area contributed by atoms with Gasteiger partial charge in [0.15, 0.2) is 8.32 Å². The van der Waals surface area contributed by atoms with Gasteiger partial charge in [0.05, 0.1) is 11.6 Å². The molecule has 0 aliphatic carbocycles. The van der Waals surface area contributed by atoms with Crippen LogP contribution >= 0.6 is 0 Å². The van der Waals surface area contributed by atoms with Crippen LogP contribution in [-0.4, -0.2) is 16.9 Å². The van der Waals surface area contributed by atoms with Gasteiger partial charge in [-0.1, -0.05) is 24.3 Å². The standard InChI is InChI=1S/C18H23NO2Si2/c1-22(2,3)21-23(4,5)20-18-12-10-17(11-13-18)16-8-6-15(14-19)7-9-16/h6-13H,1-5H3. The van der Waals surface area contributed by atoms with Crippen molar-refractivity contribution < 1.29 is 8.54 Å². The minimum atomic E-state index is -2.16. The van der Waals surface area contributed by atoms with Gasteiger partial charge in [0, 0.05) is 0 Å². The van der Waals surface area contributed by atoms with Gasteiger partial charge in [-0.15, -0.1) is 0 Å². The van der Waals surface area contributed by atoms with Gasteiger partial charge in [-0.3, -0.25) is 0 Å². The molecule has 0 heterocycles. The van der Waals surface area contributed by atoms with Gasteiger partial charge < -0.3 is 8.54 Å². The molecule has 0 aliphatic rings. The van der Waals surface area contributed by atoms with Crippen molar-refractivity contribution in [2.24, 2.45) is 0 Å². The number of rotatable bonds is 5. The van der Waals surface area contributed by atoms with E-state index in [-0.39, 0.29) is 0 Å². The van der Waals surface area contributed by atoms with E-state index in [1.807, 2.05) is 48.5 Å². The smallest absolute Gasteiger partial charge is 0.382 e. The van der Waals surface area contributed by atoms with Gasteiger partial charge in [-0.25, -0.2) is 0 Å². The summed E-state index contributed by atoms with van der Waals surface area (Å²) in [5.74, 6) is 0.845. The van der Waals surface area contributed by atoms with E-state index < -0.39 is 16.9 Å². The van der Waals surface area contributed by atoms with E-state index in [2.05, 4.69) is 38.8 Å². The second kappa shape index (κ2) is 6.71. The SMILES string of the molecule is C[Si](C)(C)O[Si](C)(C)Oc1ccc(-c2ccc(C#N)cc2)cc1. The highest BCUT2D eigenvalue weighted by atomic mass is 28.4. The van der Waals surface area contributed by atoms with E-state index in [1.165, 1.54) is 0 Å². The Balaban J connectivity index is 2.11. The van der Waals surface area contributed by atoms with Crippen molar-refractivity contribution in [3.05, 3.63) is 54.1 Å². The van der Waals surface area contributed by atoms with Crippen molar-refractivity contribution in [1.29, 1.82) is 5.26 Å². The molecule has 5 heteroatoms. The maximum atomic E-state index is 8.85. The Bertz CT molecular complexity index is 696. The van der Waals surface area contributed by atoms with Gasteiger partial charge in [-0.05, 0) is 68.1 Å². The third-order valence-corrected chi connectivity index (χ3v) is 8.26. The average Bonchev–Trinajstić information content (AvgIpc) is 2.45. The van der Waals surface area contributed by atoms with E-state index in [0.717, 1.165) is 16.9 Å². The molecule has 0 bridgehead atoms. The zero-order valence-electron chi connectivity index (χ0n) is 14.4. The summed E-state index contributed by atoms with van der Waals surface area (Å²) >= 11 is 0. The van der Waals surface area contributed by atoms with Gasteiger partial charge >= 0.3 is 8.56 Å². The van der Waals surface area contributed by atoms with Crippen LogP contribution in [0.1, 0.15) is 5.56 Å². The molecule has 0 saturated carbocycles. The van der Waals surface area contributed by atoms with Crippen LogP contribution in [0.25, 0.3) is 11.1 Å². The van der Waals surface area contributed by atoms with Crippen LogP contribution in [0.4, 0.5) is 0 Å². The van der Waals surface area contributed by atoms with Crippen LogP contribution in [0.5, 0.6) is 5.75 Å². The van der Waals surface area contributed by atoms with E-state index in [4.69, 9.17) is 13.8 Å². The van der Waals surface area contributed by atoms with Gasteiger partial charge in [-0.2, -0.15) is 5.26 Å². The van der Waals surface area contributed by atoms with Crippen molar-refractivity contribution >= 4 is 16.9 Å². The fraction of sp³-hybridized carbons (Fsp3) is 0.278. The highest BCUT2D eigenvalue weighted by molar-refractivity contribution is 6.81. The fourth-order valence-corrected chi connectivity index (χ4v) is 9.26. The molecule has 2 aromatic rings. The molecule has 0 unspecified atom stereocenters. The third-order valence-electron chi connectivity index (χ3n) is 3.12. The molecule has 0 aromatic heterocycles. The Kier molecular flexibility index (Phi) is 5.10. The van der Waals surface area contributed by atoms with Crippen LogP contribution in [0, 0.1) is 11.3 Å².